The molecule has 3 nitrogen and oxygen atoms in total. The van der Waals surface area contributed by atoms with E-state index in [-0.39, 0.29) is 6.04 Å². The molecule has 0 aromatic carbocycles. The summed E-state index contributed by atoms with van der Waals surface area (Å²) in [5, 5.41) is 9.90. The van der Waals surface area contributed by atoms with Gasteiger partial charge in [-0.15, -0.1) is 0 Å². The van der Waals surface area contributed by atoms with Crippen molar-refractivity contribution in [2.24, 2.45) is 5.73 Å². The van der Waals surface area contributed by atoms with Crippen LogP contribution >= 0.6 is 0 Å². The lowest BCUT2D eigenvalue weighted by atomic mass is 9.94. The first-order chi connectivity index (χ1) is 5.55. The van der Waals surface area contributed by atoms with Crippen LogP contribution in [-0.2, 0) is 4.74 Å². The van der Waals surface area contributed by atoms with Crippen LogP contribution in [0.25, 0.3) is 0 Å². The first kappa shape index (κ1) is 9.55. The van der Waals surface area contributed by atoms with E-state index in [1.54, 1.807) is 13.8 Å². The van der Waals surface area contributed by atoms with Gasteiger partial charge in [-0.25, -0.2) is 0 Å². The molecule has 0 aromatic heterocycles. The fraction of sp³-hybridized carbons (Fsp3) is 0.778. The van der Waals surface area contributed by atoms with Crippen LogP contribution in [0.3, 0.4) is 0 Å². The van der Waals surface area contributed by atoms with Gasteiger partial charge in [0.1, 0.15) is 11.4 Å². The minimum Gasteiger partial charge on any atom is -0.495 e. The quantitative estimate of drug-likeness (QED) is 0.645. The summed E-state index contributed by atoms with van der Waals surface area (Å²) in [7, 11) is 0. The molecular weight excluding hydrogens is 154 g/mol. The molecule has 1 rings (SSSR count). The second-order valence-corrected chi connectivity index (χ2v) is 3.50. The van der Waals surface area contributed by atoms with E-state index in [9.17, 15) is 5.11 Å². The summed E-state index contributed by atoms with van der Waals surface area (Å²) < 4.78 is 5.34. The maximum absolute atomic E-state index is 9.90. The lowest BCUT2D eigenvalue weighted by Gasteiger charge is -2.31. The largest absolute Gasteiger partial charge is 0.495 e. The van der Waals surface area contributed by atoms with Gasteiger partial charge in [-0.3, -0.25) is 0 Å². The third-order valence-corrected chi connectivity index (χ3v) is 2.32. The van der Waals surface area contributed by atoms with Gasteiger partial charge < -0.3 is 15.6 Å². The van der Waals surface area contributed by atoms with Crippen LogP contribution in [0, 0.1) is 0 Å². The molecule has 2 atom stereocenters. The maximum atomic E-state index is 9.90. The Labute approximate surface area is 73.2 Å². The fourth-order valence-electron chi connectivity index (χ4n) is 1.13. The van der Waals surface area contributed by atoms with Gasteiger partial charge in [-0.1, -0.05) is 0 Å². The minimum absolute atomic E-state index is 0.304. The molecule has 1 aliphatic heterocycles. The third-order valence-electron chi connectivity index (χ3n) is 2.32. The van der Waals surface area contributed by atoms with E-state index in [1.807, 2.05) is 6.08 Å². The molecule has 0 aromatic rings. The number of ether oxygens (including phenoxy) is 1. The Morgan fingerprint density at radius 2 is 2.42 bits per heavy atom. The minimum atomic E-state index is -1.01. The number of hydrogen-bond acceptors (Lipinski definition) is 3. The molecule has 0 spiro atoms. The van der Waals surface area contributed by atoms with Crippen LogP contribution in [0.15, 0.2) is 11.8 Å². The van der Waals surface area contributed by atoms with Crippen molar-refractivity contribution in [3.8, 4) is 0 Å². The van der Waals surface area contributed by atoms with Crippen molar-refractivity contribution in [1.29, 1.82) is 0 Å². The number of hydrogen-bond donors (Lipinski definition) is 2. The van der Waals surface area contributed by atoms with Crippen molar-refractivity contribution in [3.05, 3.63) is 11.8 Å². The van der Waals surface area contributed by atoms with Gasteiger partial charge in [0.25, 0.3) is 0 Å². The lowest BCUT2D eigenvalue weighted by Crippen LogP contribution is -2.46. The smallest absolute Gasteiger partial charge is 0.133 e. The van der Waals surface area contributed by atoms with E-state index in [0.717, 1.165) is 12.8 Å². The average molecular weight is 171 g/mol. The number of allylic oxidation sites excluding steroid dienone is 1. The van der Waals surface area contributed by atoms with Crippen molar-refractivity contribution in [2.45, 2.75) is 38.3 Å². The maximum Gasteiger partial charge on any atom is 0.133 e. The zero-order chi connectivity index (χ0) is 9.19. The number of aliphatic hydroxyl groups is 1. The monoisotopic (exact) mass is 171 g/mol. The predicted octanol–water partition coefficient (Wildman–Crippen LogP) is 0.779. The first-order valence-corrected chi connectivity index (χ1v) is 4.36. The van der Waals surface area contributed by atoms with Crippen LogP contribution < -0.4 is 5.73 Å². The number of rotatable bonds is 2. The Morgan fingerprint density at radius 1 is 1.75 bits per heavy atom. The molecule has 2 unspecified atom stereocenters. The zero-order valence-corrected chi connectivity index (χ0v) is 7.71. The molecule has 3 N–H and O–H groups in total. The summed E-state index contributed by atoms with van der Waals surface area (Å²) in [5.41, 5.74) is 4.62. The Bertz CT molecular complexity index is 185. The molecule has 1 heterocycles. The van der Waals surface area contributed by atoms with Crippen molar-refractivity contribution < 1.29 is 9.84 Å². The summed E-state index contributed by atoms with van der Waals surface area (Å²) in [4.78, 5) is 0. The van der Waals surface area contributed by atoms with Crippen LogP contribution in [0.4, 0.5) is 0 Å². The molecule has 0 amide bonds. The van der Waals surface area contributed by atoms with Gasteiger partial charge in [0.15, 0.2) is 0 Å². The molecular formula is C9H17NO2. The molecule has 0 saturated carbocycles. The standard InChI is InChI=1S/C9H17NO2/c1-7(10)9(2,11)8-5-3-4-6-12-8/h5,7,11H,3-4,6,10H2,1-2H3. The van der Waals surface area contributed by atoms with Crippen molar-refractivity contribution in [1.82, 2.24) is 0 Å². The van der Waals surface area contributed by atoms with Crippen molar-refractivity contribution >= 4 is 0 Å². The van der Waals surface area contributed by atoms with Crippen LogP contribution in [0.5, 0.6) is 0 Å². The molecule has 0 aliphatic carbocycles. The summed E-state index contributed by atoms with van der Waals surface area (Å²) in [6.45, 7) is 4.16. The van der Waals surface area contributed by atoms with Gasteiger partial charge in [0.05, 0.1) is 6.61 Å². The predicted molar refractivity (Wildman–Crippen MR) is 47.5 cm³/mol. The molecule has 0 radical (unpaired) electrons. The molecule has 1 aliphatic rings. The topological polar surface area (TPSA) is 55.5 Å². The van der Waals surface area contributed by atoms with Crippen LogP contribution in [0.1, 0.15) is 26.7 Å². The highest BCUT2D eigenvalue weighted by Gasteiger charge is 2.32. The third kappa shape index (κ3) is 1.79. The molecule has 0 bridgehead atoms. The van der Waals surface area contributed by atoms with E-state index in [2.05, 4.69) is 0 Å². The summed E-state index contributed by atoms with van der Waals surface area (Å²) >= 11 is 0. The number of nitrogens with two attached hydrogens (primary N) is 1. The van der Waals surface area contributed by atoms with E-state index in [4.69, 9.17) is 10.5 Å². The average Bonchev–Trinajstić information content (AvgIpc) is 2.06. The fourth-order valence-corrected chi connectivity index (χ4v) is 1.13. The SMILES string of the molecule is CC(N)C(C)(O)C1=CCCCO1. The Hall–Kier alpha value is -0.540. The van der Waals surface area contributed by atoms with E-state index in [0.29, 0.717) is 12.4 Å². The van der Waals surface area contributed by atoms with E-state index in [1.165, 1.54) is 0 Å². The highest BCUT2D eigenvalue weighted by atomic mass is 16.5. The van der Waals surface area contributed by atoms with Crippen LogP contribution in [-0.4, -0.2) is 23.4 Å². The van der Waals surface area contributed by atoms with E-state index >= 15 is 0 Å². The summed E-state index contributed by atoms with van der Waals surface area (Å²) in [5.74, 6) is 0.628. The summed E-state index contributed by atoms with van der Waals surface area (Å²) in [6, 6.07) is -0.304. The molecule has 0 fully saturated rings. The first-order valence-electron chi connectivity index (χ1n) is 4.36. The zero-order valence-electron chi connectivity index (χ0n) is 7.71. The lowest BCUT2D eigenvalue weighted by molar-refractivity contribution is 0.00340. The van der Waals surface area contributed by atoms with Gasteiger partial charge in [0.2, 0.25) is 0 Å². The molecule has 0 saturated heterocycles. The van der Waals surface area contributed by atoms with Gasteiger partial charge in [-0.2, -0.15) is 0 Å². The normalized spacial score (nSPS) is 25.2. The Kier molecular flexibility index (Phi) is 2.75. The Morgan fingerprint density at radius 3 is 2.83 bits per heavy atom. The molecule has 3 heteroatoms. The second-order valence-electron chi connectivity index (χ2n) is 3.50. The molecule has 70 valence electrons. The van der Waals surface area contributed by atoms with Gasteiger partial charge in [-0.05, 0) is 32.8 Å². The van der Waals surface area contributed by atoms with Crippen molar-refractivity contribution in [2.75, 3.05) is 6.61 Å². The van der Waals surface area contributed by atoms with Crippen LogP contribution in [0.2, 0.25) is 0 Å². The van der Waals surface area contributed by atoms with Gasteiger partial charge in [0, 0.05) is 6.04 Å². The van der Waals surface area contributed by atoms with Gasteiger partial charge >= 0.3 is 0 Å². The highest BCUT2D eigenvalue weighted by Crippen LogP contribution is 2.24. The summed E-state index contributed by atoms with van der Waals surface area (Å²) in [6.07, 6.45) is 3.92. The van der Waals surface area contributed by atoms with Crippen molar-refractivity contribution in [3.63, 3.8) is 0 Å². The molecule has 12 heavy (non-hydrogen) atoms. The van der Waals surface area contributed by atoms with E-state index < -0.39 is 5.60 Å². The Balaban J connectivity index is 2.72. The highest BCUT2D eigenvalue weighted by molar-refractivity contribution is 5.13. The second kappa shape index (κ2) is 3.46.